The van der Waals surface area contributed by atoms with Gasteiger partial charge in [0.2, 0.25) is 0 Å². The van der Waals surface area contributed by atoms with Crippen molar-refractivity contribution in [2.45, 2.75) is 19.2 Å². The van der Waals surface area contributed by atoms with Crippen LogP contribution in [0.4, 0.5) is 4.39 Å². The topological polar surface area (TPSA) is 62.6 Å². The third-order valence-electron chi connectivity index (χ3n) is 3.00. The molecule has 1 unspecified atom stereocenters. The zero-order chi connectivity index (χ0) is 14.4. The highest BCUT2D eigenvalue weighted by Gasteiger charge is 2.13. The number of furan rings is 1. The largest absolute Gasteiger partial charge is 0.468 e. The monoisotopic (exact) mass is 278 g/mol. The Morgan fingerprint density at radius 2 is 2.10 bits per heavy atom. The van der Waals surface area contributed by atoms with Crippen LogP contribution in [0, 0.1) is 5.82 Å². The summed E-state index contributed by atoms with van der Waals surface area (Å²) in [5.74, 6) is 0.533. The highest BCUT2D eigenvalue weighted by Crippen LogP contribution is 2.12. The highest BCUT2D eigenvalue weighted by molar-refractivity contribution is 5.16. The van der Waals surface area contributed by atoms with Crippen LogP contribution >= 0.6 is 0 Å². The molecule has 0 bridgehead atoms. The van der Waals surface area contributed by atoms with Gasteiger partial charge in [0.15, 0.2) is 0 Å². The van der Waals surface area contributed by atoms with Crippen molar-refractivity contribution in [2.24, 2.45) is 5.73 Å². The normalized spacial score (nSPS) is 12.8. The zero-order valence-corrected chi connectivity index (χ0v) is 11.2. The van der Waals surface area contributed by atoms with E-state index in [4.69, 9.17) is 10.2 Å². The number of hydrogen-bond acceptors (Lipinski definition) is 4. The van der Waals surface area contributed by atoms with Crippen molar-refractivity contribution in [3.8, 4) is 0 Å². The number of aliphatic hydroxyl groups excluding tert-OH is 1. The third-order valence-corrected chi connectivity index (χ3v) is 3.00. The summed E-state index contributed by atoms with van der Waals surface area (Å²) >= 11 is 0. The fourth-order valence-corrected chi connectivity index (χ4v) is 2.07. The van der Waals surface area contributed by atoms with Crippen molar-refractivity contribution in [1.82, 2.24) is 4.90 Å². The quantitative estimate of drug-likeness (QED) is 0.810. The minimum Gasteiger partial charge on any atom is -0.468 e. The smallest absolute Gasteiger partial charge is 0.123 e. The predicted octanol–water partition coefficient (Wildman–Crippen LogP) is 1.74. The van der Waals surface area contributed by atoms with Gasteiger partial charge in [-0.05, 0) is 29.8 Å². The van der Waals surface area contributed by atoms with Crippen LogP contribution in [-0.2, 0) is 13.1 Å². The molecule has 0 saturated carbocycles. The molecule has 1 aromatic carbocycles. The molecule has 1 atom stereocenters. The van der Waals surface area contributed by atoms with Crippen LogP contribution in [0.2, 0.25) is 0 Å². The molecule has 0 aliphatic rings. The molecular formula is C15H19FN2O2. The van der Waals surface area contributed by atoms with Gasteiger partial charge in [-0.2, -0.15) is 0 Å². The van der Waals surface area contributed by atoms with Crippen molar-refractivity contribution >= 4 is 0 Å². The molecule has 0 spiro atoms. The van der Waals surface area contributed by atoms with Crippen LogP contribution in [0.15, 0.2) is 47.1 Å². The van der Waals surface area contributed by atoms with Gasteiger partial charge in [0, 0.05) is 19.6 Å². The molecule has 1 heterocycles. The fourth-order valence-electron chi connectivity index (χ4n) is 2.07. The highest BCUT2D eigenvalue weighted by atomic mass is 19.1. The Hall–Kier alpha value is -1.69. The summed E-state index contributed by atoms with van der Waals surface area (Å²) in [6, 6.07) is 10.1. The number of nitrogens with two attached hydrogens (primary N) is 1. The fraction of sp³-hybridized carbons (Fsp3) is 0.333. The first kappa shape index (κ1) is 14.7. The van der Waals surface area contributed by atoms with Gasteiger partial charge in [-0.25, -0.2) is 4.39 Å². The first-order valence-electron chi connectivity index (χ1n) is 6.54. The van der Waals surface area contributed by atoms with Crippen molar-refractivity contribution in [2.75, 3.05) is 13.1 Å². The van der Waals surface area contributed by atoms with E-state index in [0.29, 0.717) is 19.6 Å². The molecule has 0 aliphatic heterocycles. The Kier molecular flexibility index (Phi) is 5.29. The van der Waals surface area contributed by atoms with Crippen LogP contribution in [0.25, 0.3) is 0 Å². The number of aliphatic hydroxyl groups is 1. The van der Waals surface area contributed by atoms with Crippen LogP contribution in [0.1, 0.15) is 11.3 Å². The lowest BCUT2D eigenvalue weighted by atomic mass is 10.2. The molecule has 2 rings (SSSR count). The van der Waals surface area contributed by atoms with Gasteiger partial charge >= 0.3 is 0 Å². The first-order chi connectivity index (χ1) is 9.67. The van der Waals surface area contributed by atoms with Crippen LogP contribution in [-0.4, -0.2) is 29.2 Å². The third kappa shape index (κ3) is 4.45. The van der Waals surface area contributed by atoms with Crippen molar-refractivity contribution in [1.29, 1.82) is 0 Å². The molecule has 0 radical (unpaired) electrons. The second-order valence-electron chi connectivity index (χ2n) is 4.77. The Bertz CT molecular complexity index is 516. The van der Waals surface area contributed by atoms with Crippen molar-refractivity contribution in [3.63, 3.8) is 0 Å². The molecule has 5 heteroatoms. The summed E-state index contributed by atoms with van der Waals surface area (Å²) in [5, 5.41) is 9.72. The number of benzene rings is 1. The van der Waals surface area contributed by atoms with E-state index >= 15 is 0 Å². The second kappa shape index (κ2) is 7.19. The summed E-state index contributed by atoms with van der Waals surface area (Å²) in [5.41, 5.74) is 6.30. The van der Waals surface area contributed by atoms with Gasteiger partial charge in [-0.3, -0.25) is 4.90 Å². The maximum atomic E-state index is 13.2. The number of halogens is 1. The van der Waals surface area contributed by atoms with Gasteiger partial charge < -0.3 is 15.3 Å². The first-order valence-corrected chi connectivity index (χ1v) is 6.54. The molecule has 4 nitrogen and oxygen atoms in total. The maximum absolute atomic E-state index is 13.2. The van der Waals surface area contributed by atoms with Gasteiger partial charge in [0.25, 0.3) is 0 Å². The van der Waals surface area contributed by atoms with E-state index in [2.05, 4.69) is 0 Å². The molecular weight excluding hydrogens is 259 g/mol. The summed E-state index contributed by atoms with van der Waals surface area (Å²) in [4.78, 5) is 1.98. The van der Waals surface area contributed by atoms with E-state index in [1.807, 2.05) is 23.1 Å². The summed E-state index contributed by atoms with van der Waals surface area (Å²) < 4.78 is 18.5. The number of hydrogen-bond donors (Lipinski definition) is 2. The molecule has 0 amide bonds. The Morgan fingerprint density at radius 1 is 1.25 bits per heavy atom. The summed E-state index contributed by atoms with van der Waals surface area (Å²) in [7, 11) is 0. The average molecular weight is 278 g/mol. The molecule has 1 aromatic heterocycles. The van der Waals surface area contributed by atoms with E-state index in [1.54, 1.807) is 12.3 Å². The molecule has 3 N–H and O–H groups in total. The van der Waals surface area contributed by atoms with E-state index in [-0.39, 0.29) is 12.4 Å². The summed E-state index contributed by atoms with van der Waals surface area (Å²) in [6.45, 7) is 1.67. The van der Waals surface area contributed by atoms with Crippen LogP contribution in [0.5, 0.6) is 0 Å². The standard InChI is InChI=1S/C15H19FN2O2/c16-13-4-1-3-12(7-13)9-18(10-14(19)8-17)11-15-5-2-6-20-15/h1-7,14,19H,8-11,17H2. The lowest BCUT2D eigenvalue weighted by Gasteiger charge is -2.23. The Labute approximate surface area is 117 Å². The SMILES string of the molecule is NCC(O)CN(Cc1cccc(F)c1)Cc1ccco1. The second-order valence-corrected chi connectivity index (χ2v) is 4.77. The van der Waals surface area contributed by atoms with Gasteiger partial charge in [-0.15, -0.1) is 0 Å². The summed E-state index contributed by atoms with van der Waals surface area (Å²) in [6.07, 6.45) is 0.994. The van der Waals surface area contributed by atoms with Gasteiger partial charge in [-0.1, -0.05) is 12.1 Å². The minimum atomic E-state index is -0.612. The molecule has 0 fully saturated rings. The Morgan fingerprint density at radius 3 is 2.75 bits per heavy atom. The zero-order valence-electron chi connectivity index (χ0n) is 11.2. The van der Waals surface area contributed by atoms with Gasteiger partial charge in [0.05, 0.1) is 18.9 Å². The molecule has 2 aromatic rings. The van der Waals surface area contributed by atoms with E-state index < -0.39 is 6.10 Å². The van der Waals surface area contributed by atoms with Crippen LogP contribution < -0.4 is 5.73 Å². The molecule has 108 valence electrons. The number of rotatable bonds is 7. The Balaban J connectivity index is 2.05. The lowest BCUT2D eigenvalue weighted by Crippen LogP contribution is -2.35. The predicted molar refractivity (Wildman–Crippen MR) is 74.3 cm³/mol. The molecule has 20 heavy (non-hydrogen) atoms. The van der Waals surface area contributed by atoms with Crippen LogP contribution in [0.3, 0.4) is 0 Å². The maximum Gasteiger partial charge on any atom is 0.123 e. The van der Waals surface area contributed by atoms with E-state index in [9.17, 15) is 9.50 Å². The molecule has 0 aliphatic carbocycles. The van der Waals surface area contributed by atoms with E-state index in [1.165, 1.54) is 12.1 Å². The van der Waals surface area contributed by atoms with Crippen molar-refractivity contribution < 1.29 is 13.9 Å². The van der Waals surface area contributed by atoms with Crippen molar-refractivity contribution in [3.05, 3.63) is 59.8 Å². The van der Waals surface area contributed by atoms with E-state index in [0.717, 1.165) is 11.3 Å². The minimum absolute atomic E-state index is 0.192. The number of nitrogens with zero attached hydrogens (tertiary/aromatic N) is 1. The van der Waals surface area contributed by atoms with Gasteiger partial charge in [0.1, 0.15) is 11.6 Å². The lowest BCUT2D eigenvalue weighted by molar-refractivity contribution is 0.106. The average Bonchev–Trinajstić information content (AvgIpc) is 2.91. The molecule has 0 saturated heterocycles.